The maximum absolute atomic E-state index is 11.6. The van der Waals surface area contributed by atoms with E-state index in [4.69, 9.17) is 0 Å². The van der Waals surface area contributed by atoms with Gasteiger partial charge in [-0.15, -0.1) is 0 Å². The van der Waals surface area contributed by atoms with Gasteiger partial charge in [0.1, 0.15) is 12.2 Å². The number of amides is 1. The molecule has 17 heavy (non-hydrogen) atoms. The summed E-state index contributed by atoms with van der Waals surface area (Å²) in [5.74, 6) is 0.0248. The zero-order chi connectivity index (χ0) is 11.7. The molecular weight excluding hydrogens is 218 g/mol. The zero-order valence-electron chi connectivity index (χ0n) is 9.31. The number of hydrogen-bond acceptors (Lipinski definition) is 5. The third-order valence-corrected chi connectivity index (χ3v) is 3.07. The van der Waals surface area contributed by atoms with Crippen molar-refractivity contribution in [1.29, 1.82) is 0 Å². The van der Waals surface area contributed by atoms with Crippen molar-refractivity contribution in [2.24, 2.45) is 0 Å². The van der Waals surface area contributed by atoms with Gasteiger partial charge in [-0.3, -0.25) is 10.1 Å². The Kier molecular flexibility index (Phi) is 2.77. The number of carbonyl (C=O) groups excluding carboxylic acids is 1. The number of rotatable bonds is 2. The molecule has 2 atom stereocenters. The van der Waals surface area contributed by atoms with Crippen LogP contribution in [0, 0.1) is 0 Å². The van der Waals surface area contributed by atoms with Crippen LogP contribution in [-0.2, 0) is 11.3 Å². The summed E-state index contributed by atoms with van der Waals surface area (Å²) >= 11 is 0. The number of nitrogens with one attached hydrogen (secondary N) is 4. The molecule has 1 aromatic rings. The Morgan fingerprint density at radius 2 is 2.12 bits per heavy atom. The van der Waals surface area contributed by atoms with E-state index >= 15 is 0 Å². The maximum atomic E-state index is 11.6. The number of benzene rings is 1. The fraction of sp³-hybridized carbons (Fsp3) is 0.364. The third kappa shape index (κ3) is 2.03. The fourth-order valence-electron chi connectivity index (χ4n) is 2.19. The van der Waals surface area contributed by atoms with E-state index in [2.05, 4.69) is 33.7 Å². The van der Waals surface area contributed by atoms with Crippen LogP contribution >= 0.6 is 0 Å². The van der Waals surface area contributed by atoms with E-state index in [1.165, 1.54) is 5.56 Å². The molecule has 1 aromatic carbocycles. The van der Waals surface area contributed by atoms with Gasteiger partial charge in [0.15, 0.2) is 0 Å². The molecule has 0 spiro atoms. The average molecular weight is 233 g/mol. The van der Waals surface area contributed by atoms with E-state index in [0.29, 0.717) is 6.67 Å². The van der Waals surface area contributed by atoms with Crippen molar-refractivity contribution in [3.8, 4) is 0 Å². The van der Waals surface area contributed by atoms with Gasteiger partial charge in [0.2, 0.25) is 5.91 Å². The van der Waals surface area contributed by atoms with Gasteiger partial charge in [0, 0.05) is 6.54 Å². The van der Waals surface area contributed by atoms with Crippen molar-refractivity contribution in [2.75, 3.05) is 6.67 Å². The Morgan fingerprint density at radius 3 is 2.94 bits per heavy atom. The molecule has 2 aliphatic rings. The van der Waals surface area contributed by atoms with Crippen LogP contribution in [-0.4, -0.2) is 29.8 Å². The van der Waals surface area contributed by atoms with Gasteiger partial charge in [-0.2, -0.15) is 5.53 Å². The Labute approximate surface area is 99.3 Å². The standard InChI is InChI=1S/C11H15N5O/c17-11-9-10(12-7-13-11)16(15-14-9)6-8-4-2-1-3-5-8/h1-5,9-10,12,14-15H,6-7H2,(H,13,17). The van der Waals surface area contributed by atoms with E-state index in [9.17, 15) is 4.79 Å². The van der Waals surface area contributed by atoms with Crippen LogP contribution in [0.25, 0.3) is 0 Å². The highest BCUT2D eigenvalue weighted by Crippen LogP contribution is 2.12. The molecular formula is C11H15N5O. The first kappa shape index (κ1) is 10.7. The second-order valence-corrected chi connectivity index (χ2v) is 4.21. The molecule has 3 rings (SSSR count). The van der Waals surface area contributed by atoms with Crippen molar-refractivity contribution < 1.29 is 4.79 Å². The Hall–Kier alpha value is -1.47. The highest BCUT2D eigenvalue weighted by Gasteiger charge is 2.40. The lowest BCUT2D eigenvalue weighted by atomic mass is 10.1. The largest absolute Gasteiger partial charge is 0.342 e. The molecule has 6 heteroatoms. The molecule has 0 bridgehead atoms. The minimum atomic E-state index is -0.243. The van der Waals surface area contributed by atoms with Gasteiger partial charge in [0.25, 0.3) is 0 Å². The lowest BCUT2D eigenvalue weighted by Crippen LogP contribution is -2.62. The molecule has 4 N–H and O–H groups in total. The van der Waals surface area contributed by atoms with Crippen LogP contribution in [0.3, 0.4) is 0 Å². The van der Waals surface area contributed by atoms with E-state index in [1.807, 2.05) is 23.2 Å². The van der Waals surface area contributed by atoms with Gasteiger partial charge in [-0.05, 0) is 5.56 Å². The molecule has 2 aliphatic heterocycles. The Bertz CT molecular complexity index is 410. The summed E-state index contributed by atoms with van der Waals surface area (Å²) in [5.41, 5.74) is 7.22. The number of hydrazine groups is 2. The van der Waals surface area contributed by atoms with Crippen LogP contribution in [0.15, 0.2) is 30.3 Å². The SMILES string of the molecule is O=C1NCNC2C1NNN2Cc1ccccc1. The minimum Gasteiger partial charge on any atom is -0.342 e. The van der Waals surface area contributed by atoms with E-state index in [1.54, 1.807) is 0 Å². The fourth-order valence-corrected chi connectivity index (χ4v) is 2.19. The minimum absolute atomic E-state index is 0.0102. The molecule has 1 amide bonds. The van der Waals surface area contributed by atoms with E-state index < -0.39 is 0 Å². The lowest BCUT2D eigenvalue weighted by molar-refractivity contribution is -0.125. The van der Waals surface area contributed by atoms with Gasteiger partial charge in [0.05, 0.1) is 6.67 Å². The summed E-state index contributed by atoms with van der Waals surface area (Å²) in [6.07, 6.45) is -0.0102. The third-order valence-electron chi connectivity index (χ3n) is 3.07. The molecule has 2 fully saturated rings. The average Bonchev–Trinajstić information content (AvgIpc) is 2.76. The van der Waals surface area contributed by atoms with Crippen LogP contribution in [0.4, 0.5) is 0 Å². The topological polar surface area (TPSA) is 68.4 Å². The molecule has 6 nitrogen and oxygen atoms in total. The highest BCUT2D eigenvalue weighted by molar-refractivity contribution is 5.83. The molecule has 2 saturated heterocycles. The number of nitrogens with zero attached hydrogens (tertiary/aromatic N) is 1. The van der Waals surface area contributed by atoms with Gasteiger partial charge < -0.3 is 5.32 Å². The molecule has 0 aliphatic carbocycles. The summed E-state index contributed by atoms with van der Waals surface area (Å²) in [6.45, 7) is 1.25. The molecule has 2 heterocycles. The zero-order valence-corrected chi connectivity index (χ0v) is 9.31. The van der Waals surface area contributed by atoms with Gasteiger partial charge >= 0.3 is 0 Å². The van der Waals surface area contributed by atoms with Crippen LogP contribution in [0.5, 0.6) is 0 Å². The smallest absolute Gasteiger partial charge is 0.242 e. The first-order chi connectivity index (χ1) is 8.34. The summed E-state index contributed by atoms with van der Waals surface area (Å²) in [7, 11) is 0. The monoisotopic (exact) mass is 233 g/mol. The lowest BCUT2D eigenvalue weighted by Gasteiger charge is -2.30. The molecule has 0 saturated carbocycles. The summed E-state index contributed by atoms with van der Waals surface area (Å²) in [6, 6.07) is 9.91. The first-order valence-electron chi connectivity index (χ1n) is 5.67. The number of fused-ring (bicyclic) bond motifs is 1. The summed E-state index contributed by atoms with van der Waals surface area (Å²) in [4.78, 5) is 11.6. The Morgan fingerprint density at radius 1 is 1.29 bits per heavy atom. The predicted octanol–water partition coefficient (Wildman–Crippen LogP) is -1.12. The maximum Gasteiger partial charge on any atom is 0.242 e. The molecule has 0 radical (unpaired) electrons. The van der Waals surface area contributed by atoms with Crippen molar-refractivity contribution in [3.63, 3.8) is 0 Å². The summed E-state index contributed by atoms with van der Waals surface area (Å²) in [5, 5.41) is 8.01. The predicted molar refractivity (Wildman–Crippen MR) is 62.0 cm³/mol. The van der Waals surface area contributed by atoms with E-state index in [0.717, 1.165) is 6.54 Å². The molecule has 0 aromatic heterocycles. The number of hydrogen-bond donors (Lipinski definition) is 4. The van der Waals surface area contributed by atoms with Crippen molar-refractivity contribution in [1.82, 2.24) is 26.6 Å². The summed E-state index contributed by atoms with van der Waals surface area (Å²) < 4.78 is 0. The highest BCUT2D eigenvalue weighted by atomic mass is 16.2. The van der Waals surface area contributed by atoms with Crippen molar-refractivity contribution in [3.05, 3.63) is 35.9 Å². The van der Waals surface area contributed by atoms with Crippen molar-refractivity contribution >= 4 is 5.91 Å². The van der Waals surface area contributed by atoms with Crippen LogP contribution in [0.2, 0.25) is 0 Å². The van der Waals surface area contributed by atoms with E-state index in [-0.39, 0.29) is 18.1 Å². The van der Waals surface area contributed by atoms with Gasteiger partial charge in [-0.25, -0.2) is 10.4 Å². The molecule has 2 unspecified atom stereocenters. The quantitative estimate of drug-likeness (QED) is 0.521. The van der Waals surface area contributed by atoms with Crippen LogP contribution < -0.4 is 21.6 Å². The second-order valence-electron chi connectivity index (χ2n) is 4.21. The number of carbonyl (C=O) groups is 1. The van der Waals surface area contributed by atoms with Crippen LogP contribution in [0.1, 0.15) is 5.56 Å². The van der Waals surface area contributed by atoms with Gasteiger partial charge in [-0.1, -0.05) is 30.3 Å². The first-order valence-corrected chi connectivity index (χ1v) is 5.67. The second kappa shape index (κ2) is 4.42. The normalized spacial score (nSPS) is 28.8. The Balaban J connectivity index is 1.71. The van der Waals surface area contributed by atoms with Crippen molar-refractivity contribution in [2.45, 2.75) is 18.8 Å². The molecule has 90 valence electrons.